The molecule has 1 heterocycles. The minimum Gasteiger partial charge on any atom is -0.421 e. The number of halogens is 4. The summed E-state index contributed by atoms with van der Waals surface area (Å²) in [6.45, 7) is 1.93. The summed E-state index contributed by atoms with van der Waals surface area (Å²) >= 11 is 13.3. The molecule has 0 aliphatic carbocycles. The van der Waals surface area contributed by atoms with Gasteiger partial charge in [-0.05, 0) is 71.4 Å². The molecule has 0 saturated carbocycles. The minimum absolute atomic E-state index is 0.160. The number of aryl methyl sites for hydroxylation is 1. The molecule has 0 spiro atoms. The molecule has 10 heteroatoms. The summed E-state index contributed by atoms with van der Waals surface area (Å²) in [6, 6.07) is 21.6. The second-order valence-electron chi connectivity index (χ2n) is 8.81. The van der Waals surface area contributed by atoms with Crippen molar-refractivity contribution in [1.82, 2.24) is 10.4 Å². The van der Waals surface area contributed by atoms with Gasteiger partial charge in [-0.15, -0.1) is 0 Å². The molecule has 6 nitrogen and oxygen atoms in total. The van der Waals surface area contributed by atoms with Gasteiger partial charge in [-0.1, -0.05) is 63.4 Å². The van der Waals surface area contributed by atoms with Gasteiger partial charge in [-0.25, -0.2) is 14.6 Å². The summed E-state index contributed by atoms with van der Waals surface area (Å²) in [4.78, 5) is 29.1. The average Bonchev–Trinajstić information content (AvgIpc) is 3.29. The van der Waals surface area contributed by atoms with Crippen molar-refractivity contribution < 1.29 is 18.7 Å². The number of nitrogens with zero attached hydrogens (tertiary/aromatic N) is 1. The first-order chi connectivity index (χ1) is 19.2. The molecule has 0 atom stereocenters. The molecule has 0 bridgehead atoms. The molecule has 200 valence electrons. The highest BCUT2D eigenvalue weighted by Crippen LogP contribution is 2.37. The van der Waals surface area contributed by atoms with E-state index < -0.39 is 17.7 Å². The fraction of sp³-hybridized carbons (Fsp3) is 0.0333. The third-order valence-corrected chi connectivity index (χ3v) is 7.40. The average molecular weight is 684 g/mol. The predicted octanol–water partition coefficient (Wildman–Crippen LogP) is 8.44. The Kier molecular flexibility index (Phi) is 8.16. The van der Waals surface area contributed by atoms with Gasteiger partial charge in [0.2, 0.25) is 0 Å². The number of ether oxygens (including phenoxy) is 1. The van der Waals surface area contributed by atoms with Gasteiger partial charge >= 0.3 is 5.97 Å². The number of aromatic nitrogens is 1. The van der Waals surface area contributed by atoms with E-state index in [4.69, 9.17) is 16.3 Å². The molecule has 0 radical (unpaired) electrons. The first-order valence-electron chi connectivity index (χ1n) is 11.9. The fourth-order valence-corrected chi connectivity index (χ4v) is 5.69. The van der Waals surface area contributed by atoms with E-state index in [9.17, 15) is 14.0 Å². The maximum Gasteiger partial charge on any atom is 0.343 e. The van der Waals surface area contributed by atoms with Crippen LogP contribution in [-0.2, 0) is 0 Å². The molecule has 2 N–H and O–H groups in total. The molecule has 5 rings (SSSR count). The number of aromatic amines is 1. The van der Waals surface area contributed by atoms with Gasteiger partial charge in [0.1, 0.15) is 11.5 Å². The van der Waals surface area contributed by atoms with Crippen molar-refractivity contribution in [3.05, 3.63) is 121 Å². The Bertz CT molecular complexity index is 1800. The number of amides is 1. The topological polar surface area (TPSA) is 83.5 Å². The summed E-state index contributed by atoms with van der Waals surface area (Å²) in [5.41, 5.74) is 6.07. The summed E-state index contributed by atoms with van der Waals surface area (Å²) in [6.07, 6.45) is 1.36. The molecular formula is C30H19Br2ClFN3O3. The highest BCUT2D eigenvalue weighted by Gasteiger charge is 2.21. The Hall–Kier alpha value is -3.79. The van der Waals surface area contributed by atoms with Crippen molar-refractivity contribution in [2.75, 3.05) is 0 Å². The number of hydrogen-bond donors (Lipinski definition) is 2. The van der Waals surface area contributed by atoms with E-state index in [-0.39, 0.29) is 11.4 Å². The van der Waals surface area contributed by atoms with Crippen LogP contribution in [0.4, 0.5) is 4.39 Å². The van der Waals surface area contributed by atoms with E-state index in [0.717, 1.165) is 5.56 Å². The number of carbonyl (C=O) groups excluding carboxylic acids is 2. The number of H-pyrrole nitrogens is 1. The second-order valence-corrected chi connectivity index (χ2v) is 11.0. The zero-order chi connectivity index (χ0) is 28.4. The molecule has 1 amide bonds. The van der Waals surface area contributed by atoms with Crippen LogP contribution >= 0.6 is 43.5 Å². The number of carbonyl (C=O) groups is 2. The van der Waals surface area contributed by atoms with Crippen LogP contribution in [0.5, 0.6) is 5.75 Å². The number of hydrogen-bond acceptors (Lipinski definition) is 4. The van der Waals surface area contributed by atoms with E-state index in [1.54, 1.807) is 54.6 Å². The van der Waals surface area contributed by atoms with Gasteiger partial charge < -0.3 is 9.72 Å². The van der Waals surface area contributed by atoms with Crippen LogP contribution in [-0.4, -0.2) is 23.1 Å². The molecule has 0 saturated heterocycles. The number of esters is 1. The molecule has 0 fully saturated rings. The van der Waals surface area contributed by atoms with E-state index in [0.29, 0.717) is 47.1 Å². The number of fused-ring (bicyclic) bond motifs is 1. The van der Waals surface area contributed by atoms with Gasteiger partial charge in [-0.2, -0.15) is 5.10 Å². The summed E-state index contributed by atoms with van der Waals surface area (Å²) < 4.78 is 21.0. The Morgan fingerprint density at radius 1 is 1.02 bits per heavy atom. The van der Waals surface area contributed by atoms with E-state index >= 15 is 0 Å². The molecule has 4 aromatic carbocycles. The van der Waals surface area contributed by atoms with Crippen LogP contribution in [0.15, 0.2) is 92.9 Å². The van der Waals surface area contributed by atoms with E-state index in [1.807, 2.05) is 19.1 Å². The fourth-order valence-electron chi connectivity index (χ4n) is 4.12. The number of rotatable bonds is 6. The number of nitrogens with one attached hydrogen (secondary N) is 2. The van der Waals surface area contributed by atoms with Crippen LogP contribution in [0.2, 0.25) is 5.02 Å². The predicted molar refractivity (Wildman–Crippen MR) is 162 cm³/mol. The maximum absolute atomic E-state index is 14.1. The van der Waals surface area contributed by atoms with Crippen LogP contribution in [0.25, 0.3) is 22.0 Å². The zero-order valence-corrected chi connectivity index (χ0v) is 24.7. The first kappa shape index (κ1) is 27.8. The monoisotopic (exact) mass is 681 g/mol. The lowest BCUT2D eigenvalue weighted by molar-refractivity contribution is 0.0733. The van der Waals surface area contributed by atoms with Crippen molar-refractivity contribution in [1.29, 1.82) is 0 Å². The van der Waals surface area contributed by atoms with Crippen LogP contribution in [0.1, 0.15) is 32.0 Å². The Morgan fingerprint density at radius 3 is 2.52 bits per heavy atom. The van der Waals surface area contributed by atoms with E-state index in [2.05, 4.69) is 47.4 Å². The van der Waals surface area contributed by atoms with Gasteiger partial charge in [0.05, 0.1) is 16.3 Å². The van der Waals surface area contributed by atoms with Crippen molar-refractivity contribution >= 4 is 72.5 Å². The smallest absolute Gasteiger partial charge is 0.343 e. The lowest BCUT2D eigenvalue weighted by Crippen LogP contribution is -2.19. The summed E-state index contributed by atoms with van der Waals surface area (Å²) in [5, 5.41) is 5.02. The summed E-state index contributed by atoms with van der Waals surface area (Å²) in [5.74, 6) is -1.34. The third kappa shape index (κ3) is 5.86. The lowest BCUT2D eigenvalue weighted by Gasteiger charge is -2.11. The van der Waals surface area contributed by atoms with Crippen molar-refractivity contribution in [2.45, 2.75) is 6.92 Å². The third-order valence-electron chi connectivity index (χ3n) is 6.02. The quantitative estimate of drug-likeness (QED) is 0.0816. The van der Waals surface area contributed by atoms with Gasteiger partial charge in [0.15, 0.2) is 5.75 Å². The lowest BCUT2D eigenvalue weighted by atomic mass is 10.0. The molecule has 0 aliphatic rings. The van der Waals surface area contributed by atoms with Crippen molar-refractivity contribution in [3.63, 3.8) is 0 Å². The standard InChI is InChI=1S/C30H19Br2ClFN3O3/c1-16-6-8-17(9-7-16)30(39)40-28-18(12-19(31)13-23(28)32)15-35-37-29(38)27-26(21-4-2-3-5-24(21)33)22-14-20(34)10-11-25(22)36-27/h2-15,36H,1H3,(H,37,38). The maximum atomic E-state index is 14.1. The normalized spacial score (nSPS) is 11.2. The van der Waals surface area contributed by atoms with Gasteiger partial charge in [-0.3, -0.25) is 4.79 Å². The Labute approximate surface area is 250 Å². The van der Waals surface area contributed by atoms with Gasteiger partial charge in [0.25, 0.3) is 5.91 Å². The van der Waals surface area contributed by atoms with Crippen molar-refractivity contribution in [2.24, 2.45) is 5.10 Å². The van der Waals surface area contributed by atoms with Crippen LogP contribution in [0, 0.1) is 12.7 Å². The highest BCUT2D eigenvalue weighted by atomic mass is 79.9. The highest BCUT2D eigenvalue weighted by molar-refractivity contribution is 9.11. The molecule has 40 heavy (non-hydrogen) atoms. The minimum atomic E-state index is -0.574. The first-order valence-corrected chi connectivity index (χ1v) is 13.8. The Balaban J connectivity index is 1.45. The molecule has 0 unspecified atom stereocenters. The van der Waals surface area contributed by atoms with E-state index in [1.165, 1.54) is 18.3 Å². The Morgan fingerprint density at radius 2 is 1.77 bits per heavy atom. The zero-order valence-electron chi connectivity index (χ0n) is 20.8. The SMILES string of the molecule is Cc1ccc(C(=O)Oc2c(Br)cc(Br)cc2C=NNC(=O)c2[nH]c3ccc(F)cc3c2-c2ccccc2Cl)cc1. The molecular weight excluding hydrogens is 665 g/mol. The van der Waals surface area contributed by atoms with Crippen LogP contribution < -0.4 is 10.2 Å². The molecule has 0 aliphatic heterocycles. The molecule has 5 aromatic rings. The van der Waals surface area contributed by atoms with Gasteiger partial charge in [0, 0.05) is 37.1 Å². The molecule has 1 aromatic heterocycles. The largest absolute Gasteiger partial charge is 0.421 e. The van der Waals surface area contributed by atoms with Crippen LogP contribution in [0.3, 0.4) is 0 Å². The number of hydrazone groups is 1. The number of benzene rings is 4. The second kappa shape index (κ2) is 11.8. The van der Waals surface area contributed by atoms with Crippen molar-refractivity contribution in [3.8, 4) is 16.9 Å². The summed E-state index contributed by atoms with van der Waals surface area (Å²) in [7, 11) is 0.